The van der Waals surface area contributed by atoms with Crippen LogP contribution in [0.4, 0.5) is 13.2 Å². The monoisotopic (exact) mass is 429 g/mol. The number of amides is 1. The van der Waals surface area contributed by atoms with Crippen LogP contribution in [-0.2, 0) is 23.2 Å². The van der Waals surface area contributed by atoms with E-state index in [-0.39, 0.29) is 17.7 Å². The van der Waals surface area contributed by atoms with E-state index < -0.39 is 40.4 Å². The van der Waals surface area contributed by atoms with Crippen LogP contribution in [0.3, 0.4) is 0 Å². The van der Waals surface area contributed by atoms with Crippen LogP contribution in [0.25, 0.3) is 0 Å². The maximum absolute atomic E-state index is 13.1. The molecule has 2 aromatic rings. The van der Waals surface area contributed by atoms with Gasteiger partial charge in [0.2, 0.25) is 0 Å². The molecule has 0 heterocycles. The van der Waals surface area contributed by atoms with E-state index in [1.807, 2.05) is 0 Å². The molecule has 29 heavy (non-hydrogen) atoms. The Morgan fingerprint density at radius 1 is 1.10 bits per heavy atom. The maximum Gasteiger partial charge on any atom is 0.421 e. The molecule has 9 heteroatoms. The zero-order chi connectivity index (χ0) is 21.8. The van der Waals surface area contributed by atoms with Gasteiger partial charge in [0, 0.05) is 12.1 Å². The third-order valence-corrected chi connectivity index (χ3v) is 5.69. The quantitative estimate of drug-likeness (QED) is 0.580. The maximum atomic E-state index is 13.1. The molecule has 0 aliphatic rings. The van der Waals surface area contributed by atoms with Gasteiger partial charge in [-0.15, -0.1) is 0 Å². The lowest BCUT2D eigenvalue weighted by molar-refractivity contribution is -0.267. The largest absolute Gasteiger partial charge is 0.421 e. The van der Waals surface area contributed by atoms with Gasteiger partial charge in [0.15, 0.2) is 16.7 Å². The molecule has 2 rings (SSSR count). The van der Waals surface area contributed by atoms with Crippen molar-refractivity contribution in [3.05, 3.63) is 70.8 Å². The Bertz CT molecular complexity index is 869. The predicted molar refractivity (Wildman–Crippen MR) is 103 cm³/mol. The number of halogens is 3. The SMILES string of the molecule is CCC(O)(c1ccc(C(=O)NCc2ccc(C(C)S(=O)O)cc2)cc1)C(F)(F)F. The first kappa shape index (κ1) is 23.1. The van der Waals surface area contributed by atoms with Crippen molar-refractivity contribution in [2.45, 2.75) is 43.8 Å². The van der Waals surface area contributed by atoms with Crippen LogP contribution >= 0.6 is 0 Å². The van der Waals surface area contributed by atoms with E-state index in [0.29, 0.717) is 5.56 Å². The molecule has 0 radical (unpaired) electrons. The molecule has 0 saturated heterocycles. The summed E-state index contributed by atoms with van der Waals surface area (Å²) < 4.78 is 59.6. The van der Waals surface area contributed by atoms with E-state index in [4.69, 9.17) is 4.55 Å². The molecule has 3 atom stereocenters. The fourth-order valence-electron chi connectivity index (χ4n) is 2.77. The van der Waals surface area contributed by atoms with Crippen molar-refractivity contribution in [3.8, 4) is 0 Å². The summed E-state index contributed by atoms with van der Waals surface area (Å²) in [6, 6.07) is 11.5. The first-order valence-corrected chi connectivity index (χ1v) is 10.0. The fraction of sp³-hybridized carbons (Fsp3) is 0.350. The van der Waals surface area contributed by atoms with E-state index in [2.05, 4.69) is 5.32 Å². The molecule has 0 aliphatic carbocycles. The van der Waals surface area contributed by atoms with Gasteiger partial charge in [0.25, 0.3) is 5.91 Å². The first-order chi connectivity index (χ1) is 13.5. The van der Waals surface area contributed by atoms with E-state index in [9.17, 15) is 27.3 Å². The van der Waals surface area contributed by atoms with Crippen LogP contribution in [0.15, 0.2) is 48.5 Å². The predicted octanol–water partition coefficient (Wildman–Crippen LogP) is 4.06. The molecule has 0 aromatic heterocycles. The fourth-order valence-corrected chi connectivity index (χ4v) is 3.16. The Morgan fingerprint density at radius 2 is 1.66 bits per heavy atom. The van der Waals surface area contributed by atoms with Crippen LogP contribution in [0.1, 0.15) is 52.6 Å². The summed E-state index contributed by atoms with van der Waals surface area (Å²) in [6.45, 7) is 3.03. The zero-order valence-corrected chi connectivity index (χ0v) is 16.7. The van der Waals surface area contributed by atoms with Gasteiger partial charge in [-0.3, -0.25) is 4.79 Å². The van der Waals surface area contributed by atoms with Crippen LogP contribution in [0.2, 0.25) is 0 Å². The van der Waals surface area contributed by atoms with Crippen LogP contribution in [-0.4, -0.2) is 26.0 Å². The topological polar surface area (TPSA) is 86.6 Å². The van der Waals surface area contributed by atoms with Crippen molar-refractivity contribution < 1.29 is 31.8 Å². The number of carbonyl (C=O) groups is 1. The van der Waals surface area contributed by atoms with E-state index in [0.717, 1.165) is 17.7 Å². The smallest absolute Gasteiger partial charge is 0.376 e. The van der Waals surface area contributed by atoms with Gasteiger partial charge in [0.05, 0.1) is 5.25 Å². The second-order valence-corrected chi connectivity index (χ2v) is 7.89. The molecular formula is C20H22F3NO4S. The van der Waals surface area contributed by atoms with Crippen molar-refractivity contribution >= 4 is 17.0 Å². The molecule has 3 N–H and O–H groups in total. The molecule has 0 spiro atoms. The van der Waals surface area contributed by atoms with Crippen LogP contribution < -0.4 is 5.32 Å². The van der Waals surface area contributed by atoms with Crippen molar-refractivity contribution in [1.29, 1.82) is 0 Å². The Morgan fingerprint density at radius 3 is 2.10 bits per heavy atom. The number of hydrogen-bond donors (Lipinski definition) is 3. The number of hydrogen-bond acceptors (Lipinski definition) is 3. The van der Waals surface area contributed by atoms with Gasteiger partial charge in [0.1, 0.15) is 0 Å². The minimum absolute atomic E-state index is 0.162. The summed E-state index contributed by atoms with van der Waals surface area (Å²) in [7, 11) is 0. The summed E-state index contributed by atoms with van der Waals surface area (Å²) in [5.74, 6) is -0.475. The van der Waals surface area contributed by atoms with Crippen LogP contribution in [0.5, 0.6) is 0 Å². The highest BCUT2D eigenvalue weighted by Crippen LogP contribution is 2.41. The molecule has 0 aliphatic heterocycles. The molecule has 5 nitrogen and oxygen atoms in total. The molecule has 2 aromatic carbocycles. The molecule has 0 fully saturated rings. The number of nitrogens with one attached hydrogen (secondary N) is 1. The van der Waals surface area contributed by atoms with Gasteiger partial charge in [-0.25, -0.2) is 4.21 Å². The summed E-state index contributed by atoms with van der Waals surface area (Å²) in [5, 5.41) is 12.1. The number of rotatable bonds is 7. The lowest BCUT2D eigenvalue weighted by atomic mass is 9.90. The molecule has 0 bridgehead atoms. The highest BCUT2D eigenvalue weighted by molar-refractivity contribution is 7.79. The van der Waals surface area contributed by atoms with Gasteiger partial charge in [-0.05, 0) is 42.2 Å². The number of benzene rings is 2. The van der Waals surface area contributed by atoms with Gasteiger partial charge in [-0.1, -0.05) is 43.3 Å². The Balaban J connectivity index is 2.04. The van der Waals surface area contributed by atoms with E-state index in [1.165, 1.54) is 19.1 Å². The van der Waals surface area contributed by atoms with Gasteiger partial charge in [-0.2, -0.15) is 13.2 Å². The van der Waals surface area contributed by atoms with Crippen molar-refractivity contribution in [2.24, 2.45) is 0 Å². The number of alkyl halides is 3. The average molecular weight is 429 g/mol. The molecule has 3 unspecified atom stereocenters. The van der Waals surface area contributed by atoms with Crippen molar-refractivity contribution in [3.63, 3.8) is 0 Å². The highest BCUT2D eigenvalue weighted by atomic mass is 32.2. The standard InChI is InChI=1S/C20H22F3NO4S/c1-3-19(26,20(21,22)23)17-10-8-16(9-11-17)18(25)24-12-14-4-6-15(7-5-14)13(2)29(27)28/h4-11,13,26H,3,12H2,1-2H3,(H,24,25)(H,27,28). The first-order valence-electron chi connectivity index (χ1n) is 8.86. The summed E-state index contributed by atoms with van der Waals surface area (Å²) in [6.07, 6.45) is -5.36. The summed E-state index contributed by atoms with van der Waals surface area (Å²) >= 11 is -1.98. The number of carbonyl (C=O) groups excluding carboxylic acids is 1. The molecular weight excluding hydrogens is 407 g/mol. The summed E-state index contributed by atoms with van der Waals surface area (Å²) in [4.78, 5) is 12.2. The third kappa shape index (κ3) is 5.23. The van der Waals surface area contributed by atoms with E-state index >= 15 is 0 Å². The van der Waals surface area contributed by atoms with E-state index in [1.54, 1.807) is 31.2 Å². The second-order valence-electron chi connectivity index (χ2n) is 6.63. The lowest BCUT2D eigenvalue weighted by Gasteiger charge is -2.29. The number of aliphatic hydroxyl groups is 1. The highest BCUT2D eigenvalue weighted by Gasteiger charge is 2.53. The molecule has 158 valence electrons. The molecule has 0 saturated carbocycles. The van der Waals surface area contributed by atoms with Gasteiger partial charge < -0.3 is 15.0 Å². The summed E-state index contributed by atoms with van der Waals surface area (Å²) in [5.41, 5.74) is -1.68. The van der Waals surface area contributed by atoms with Crippen molar-refractivity contribution in [2.75, 3.05) is 0 Å². The van der Waals surface area contributed by atoms with Gasteiger partial charge >= 0.3 is 6.18 Å². The lowest BCUT2D eigenvalue weighted by Crippen LogP contribution is -2.41. The third-order valence-electron chi connectivity index (χ3n) is 4.81. The Hall–Kier alpha value is -2.23. The normalized spacial score (nSPS) is 16.0. The van der Waals surface area contributed by atoms with Crippen molar-refractivity contribution in [1.82, 2.24) is 5.32 Å². The Kier molecular flexibility index (Phi) is 7.20. The Labute approximate surface area is 169 Å². The second kappa shape index (κ2) is 9.06. The minimum atomic E-state index is -4.82. The zero-order valence-electron chi connectivity index (χ0n) is 15.9. The molecule has 1 amide bonds. The minimum Gasteiger partial charge on any atom is -0.376 e. The average Bonchev–Trinajstić information content (AvgIpc) is 2.70. The van der Waals surface area contributed by atoms with Crippen LogP contribution in [0, 0.1) is 0 Å².